The van der Waals surface area contributed by atoms with Crippen LogP contribution in [0, 0.1) is 9.39 Å². The van der Waals surface area contributed by atoms with Gasteiger partial charge in [-0.1, -0.05) is 6.07 Å². The number of anilines is 1. The zero-order chi connectivity index (χ0) is 9.84. The number of aliphatic hydroxyl groups excluding tert-OH is 1. The molecule has 0 radical (unpaired) electrons. The third kappa shape index (κ3) is 3.11. The molecule has 1 aromatic rings. The average Bonchev–Trinajstić information content (AvgIpc) is 2.07. The van der Waals surface area contributed by atoms with Gasteiger partial charge in [0, 0.05) is 6.54 Å². The third-order valence-corrected chi connectivity index (χ3v) is 2.64. The quantitative estimate of drug-likeness (QED) is 0.838. The predicted molar refractivity (Wildman–Crippen MR) is 59.3 cm³/mol. The van der Waals surface area contributed by atoms with Gasteiger partial charge in [-0.15, -0.1) is 0 Å². The van der Waals surface area contributed by atoms with Crippen LogP contribution in [-0.2, 0) is 0 Å². The van der Waals surface area contributed by atoms with E-state index in [9.17, 15) is 4.39 Å². The molecule has 2 nitrogen and oxygen atoms in total. The molecule has 1 aromatic carbocycles. The summed E-state index contributed by atoms with van der Waals surface area (Å²) >= 11 is 1.93. The zero-order valence-corrected chi connectivity index (χ0v) is 9.38. The molecule has 0 fully saturated rings. The Morgan fingerprint density at radius 2 is 2.31 bits per heavy atom. The minimum atomic E-state index is -0.431. The fourth-order valence-corrected chi connectivity index (χ4v) is 1.45. The molecule has 4 heteroatoms. The SMILES string of the molecule is CC(O)CNc1cccc(F)c1I. The largest absolute Gasteiger partial charge is 0.392 e. The highest BCUT2D eigenvalue weighted by molar-refractivity contribution is 14.1. The number of rotatable bonds is 3. The monoisotopic (exact) mass is 295 g/mol. The molecule has 0 aliphatic rings. The number of hydrogen-bond acceptors (Lipinski definition) is 2. The van der Waals surface area contributed by atoms with Gasteiger partial charge in [-0.05, 0) is 41.6 Å². The van der Waals surface area contributed by atoms with Crippen molar-refractivity contribution in [3.8, 4) is 0 Å². The first-order chi connectivity index (χ1) is 6.11. The van der Waals surface area contributed by atoms with Crippen molar-refractivity contribution in [2.45, 2.75) is 13.0 Å². The lowest BCUT2D eigenvalue weighted by Gasteiger charge is -2.10. The highest BCUT2D eigenvalue weighted by Gasteiger charge is 2.04. The van der Waals surface area contributed by atoms with Crippen LogP contribution in [0.1, 0.15) is 6.92 Å². The molecule has 0 saturated heterocycles. The molecule has 0 aliphatic heterocycles. The Kier molecular flexibility index (Phi) is 3.92. The van der Waals surface area contributed by atoms with E-state index < -0.39 is 6.10 Å². The third-order valence-electron chi connectivity index (χ3n) is 1.54. The Bertz CT molecular complexity index is 291. The van der Waals surface area contributed by atoms with Crippen LogP contribution in [0.3, 0.4) is 0 Å². The Morgan fingerprint density at radius 3 is 2.92 bits per heavy atom. The van der Waals surface area contributed by atoms with Gasteiger partial charge in [0.05, 0.1) is 15.4 Å². The predicted octanol–water partition coefficient (Wildman–Crippen LogP) is 2.22. The van der Waals surface area contributed by atoms with E-state index in [4.69, 9.17) is 5.11 Å². The normalized spacial score (nSPS) is 12.6. The van der Waals surface area contributed by atoms with Crippen LogP contribution in [0.25, 0.3) is 0 Å². The standard InChI is InChI=1S/C9H11FINO/c1-6(13)5-12-8-4-2-3-7(10)9(8)11/h2-4,6,12-13H,5H2,1H3. The molecule has 13 heavy (non-hydrogen) atoms. The second kappa shape index (κ2) is 4.76. The molecule has 0 bridgehead atoms. The molecular formula is C9H11FINO. The highest BCUT2D eigenvalue weighted by Crippen LogP contribution is 2.20. The molecule has 1 unspecified atom stereocenters. The summed E-state index contributed by atoms with van der Waals surface area (Å²) in [6.07, 6.45) is -0.431. The summed E-state index contributed by atoms with van der Waals surface area (Å²) in [6.45, 7) is 2.11. The lowest BCUT2D eigenvalue weighted by atomic mass is 10.3. The van der Waals surface area contributed by atoms with E-state index in [-0.39, 0.29) is 5.82 Å². The maximum Gasteiger partial charge on any atom is 0.138 e. The molecule has 0 heterocycles. The van der Waals surface area contributed by atoms with Gasteiger partial charge in [0.25, 0.3) is 0 Å². The first kappa shape index (κ1) is 10.7. The van der Waals surface area contributed by atoms with Crippen molar-refractivity contribution >= 4 is 28.3 Å². The summed E-state index contributed by atoms with van der Waals surface area (Å²) in [4.78, 5) is 0. The van der Waals surface area contributed by atoms with Crippen LogP contribution in [0.15, 0.2) is 18.2 Å². The van der Waals surface area contributed by atoms with E-state index in [0.717, 1.165) is 5.69 Å². The van der Waals surface area contributed by atoms with E-state index in [0.29, 0.717) is 10.1 Å². The van der Waals surface area contributed by atoms with Gasteiger partial charge < -0.3 is 10.4 Å². The summed E-state index contributed by atoms with van der Waals surface area (Å²) in [5.74, 6) is -0.240. The fourth-order valence-electron chi connectivity index (χ4n) is 0.898. The van der Waals surface area contributed by atoms with E-state index in [1.807, 2.05) is 22.6 Å². The Hall–Kier alpha value is -0.360. The average molecular weight is 295 g/mol. The summed E-state index contributed by atoms with van der Waals surface area (Å²) in [5.41, 5.74) is 0.724. The first-order valence-electron chi connectivity index (χ1n) is 3.97. The molecule has 0 spiro atoms. The second-order valence-electron chi connectivity index (χ2n) is 2.83. The van der Waals surface area contributed by atoms with Crippen LogP contribution in [-0.4, -0.2) is 17.8 Å². The van der Waals surface area contributed by atoms with Gasteiger partial charge in [-0.25, -0.2) is 4.39 Å². The van der Waals surface area contributed by atoms with Gasteiger partial charge in [0.1, 0.15) is 5.82 Å². The Labute approximate surface area is 90.3 Å². The van der Waals surface area contributed by atoms with Crippen molar-refractivity contribution in [2.24, 2.45) is 0 Å². The lowest BCUT2D eigenvalue weighted by molar-refractivity contribution is 0.208. The molecule has 0 saturated carbocycles. The molecular weight excluding hydrogens is 284 g/mol. The second-order valence-corrected chi connectivity index (χ2v) is 3.91. The summed E-state index contributed by atoms with van der Waals surface area (Å²) < 4.78 is 13.5. The maximum absolute atomic E-state index is 13.0. The summed E-state index contributed by atoms with van der Waals surface area (Å²) in [6, 6.07) is 4.84. The van der Waals surface area contributed by atoms with Gasteiger partial charge in [-0.2, -0.15) is 0 Å². The van der Waals surface area contributed by atoms with Crippen molar-refractivity contribution < 1.29 is 9.50 Å². The maximum atomic E-state index is 13.0. The minimum absolute atomic E-state index is 0.240. The molecule has 72 valence electrons. The molecule has 0 aliphatic carbocycles. The van der Waals surface area contributed by atoms with Gasteiger partial charge >= 0.3 is 0 Å². The first-order valence-corrected chi connectivity index (χ1v) is 5.05. The van der Waals surface area contributed by atoms with Crippen LogP contribution < -0.4 is 5.32 Å². The van der Waals surface area contributed by atoms with E-state index in [1.54, 1.807) is 19.1 Å². The van der Waals surface area contributed by atoms with E-state index in [2.05, 4.69) is 5.32 Å². The summed E-state index contributed by atoms with van der Waals surface area (Å²) in [7, 11) is 0. The Balaban J connectivity index is 2.71. The fraction of sp³-hybridized carbons (Fsp3) is 0.333. The molecule has 0 amide bonds. The molecule has 0 aromatic heterocycles. The Morgan fingerprint density at radius 1 is 1.62 bits per heavy atom. The molecule has 1 rings (SSSR count). The van der Waals surface area contributed by atoms with Gasteiger partial charge in [0.15, 0.2) is 0 Å². The molecule has 1 atom stereocenters. The minimum Gasteiger partial charge on any atom is -0.392 e. The smallest absolute Gasteiger partial charge is 0.138 e. The number of halogens is 2. The van der Waals surface area contributed by atoms with Crippen molar-refractivity contribution in [1.29, 1.82) is 0 Å². The lowest BCUT2D eigenvalue weighted by Crippen LogP contribution is -2.16. The van der Waals surface area contributed by atoms with Gasteiger partial charge in [-0.3, -0.25) is 0 Å². The zero-order valence-electron chi connectivity index (χ0n) is 7.22. The van der Waals surface area contributed by atoms with Crippen molar-refractivity contribution in [3.63, 3.8) is 0 Å². The number of nitrogens with one attached hydrogen (secondary N) is 1. The van der Waals surface area contributed by atoms with Crippen molar-refractivity contribution in [3.05, 3.63) is 27.6 Å². The van der Waals surface area contributed by atoms with Crippen molar-refractivity contribution in [2.75, 3.05) is 11.9 Å². The van der Waals surface area contributed by atoms with Crippen LogP contribution in [0.4, 0.5) is 10.1 Å². The van der Waals surface area contributed by atoms with Crippen LogP contribution >= 0.6 is 22.6 Å². The topological polar surface area (TPSA) is 32.3 Å². The van der Waals surface area contributed by atoms with Crippen LogP contribution in [0.2, 0.25) is 0 Å². The van der Waals surface area contributed by atoms with E-state index in [1.165, 1.54) is 6.07 Å². The number of aliphatic hydroxyl groups is 1. The van der Waals surface area contributed by atoms with E-state index >= 15 is 0 Å². The number of hydrogen-bond donors (Lipinski definition) is 2. The highest BCUT2D eigenvalue weighted by atomic mass is 127. The number of benzene rings is 1. The van der Waals surface area contributed by atoms with Gasteiger partial charge in [0.2, 0.25) is 0 Å². The molecule has 2 N–H and O–H groups in total. The van der Waals surface area contributed by atoms with Crippen molar-refractivity contribution in [1.82, 2.24) is 0 Å². The summed E-state index contributed by atoms with van der Waals surface area (Å²) in [5, 5.41) is 12.0. The van der Waals surface area contributed by atoms with Crippen LogP contribution in [0.5, 0.6) is 0 Å².